The molecule has 6 nitrogen and oxygen atoms in total. The predicted molar refractivity (Wildman–Crippen MR) is 111 cm³/mol. The standard InChI is InChI=1S/C19H20ClN3OS.CO2/c1-4-13-6-8-16-17(10-13)23-19(22-16)25-12(3)18(24)21-15-7-5-11(2)9-14(15)20;2-1-3/h5-10,12H,4H2,1-3H3,(H,21,24)(H,22,23);. The number of carbonyl (C=O) groups excluding carboxylic acids is 3. The van der Waals surface area contributed by atoms with Crippen LogP contribution in [0, 0.1) is 6.92 Å². The Hall–Kier alpha value is -2.60. The molecule has 8 heteroatoms. The molecule has 0 aliphatic heterocycles. The van der Waals surface area contributed by atoms with Crippen LogP contribution in [0.2, 0.25) is 5.02 Å². The maximum atomic E-state index is 12.4. The number of thioether (sulfide) groups is 1. The van der Waals surface area contributed by atoms with Crippen LogP contribution in [0.25, 0.3) is 11.0 Å². The Morgan fingerprint density at radius 2 is 2.00 bits per heavy atom. The topological polar surface area (TPSA) is 91.9 Å². The molecule has 0 spiro atoms. The van der Waals surface area contributed by atoms with Gasteiger partial charge in [0.05, 0.1) is 27.0 Å². The third-order valence-electron chi connectivity index (χ3n) is 3.97. The SMILES string of the molecule is CCc1ccc2nc(SC(C)C(=O)Nc3ccc(C)cc3Cl)[nH]c2c1.O=C=O. The first-order chi connectivity index (χ1) is 13.4. The van der Waals surface area contributed by atoms with Gasteiger partial charge in [-0.1, -0.05) is 42.4 Å². The predicted octanol–water partition coefficient (Wildman–Crippen LogP) is 4.62. The monoisotopic (exact) mass is 417 g/mol. The van der Waals surface area contributed by atoms with E-state index in [1.807, 2.05) is 38.1 Å². The third-order valence-corrected chi connectivity index (χ3v) is 5.27. The second-order valence-electron chi connectivity index (χ2n) is 6.06. The molecule has 2 aromatic carbocycles. The average Bonchev–Trinajstić information content (AvgIpc) is 3.05. The van der Waals surface area contributed by atoms with E-state index in [4.69, 9.17) is 21.2 Å². The molecule has 2 N–H and O–H groups in total. The minimum Gasteiger partial charge on any atom is -0.333 e. The summed E-state index contributed by atoms with van der Waals surface area (Å²) in [4.78, 5) is 36.5. The summed E-state index contributed by atoms with van der Waals surface area (Å²) in [6.07, 6.45) is 1.23. The summed E-state index contributed by atoms with van der Waals surface area (Å²) < 4.78 is 0. The van der Waals surface area contributed by atoms with Crippen molar-refractivity contribution in [3.63, 3.8) is 0 Å². The van der Waals surface area contributed by atoms with Crippen molar-refractivity contribution in [2.45, 2.75) is 37.6 Å². The molecule has 0 radical (unpaired) electrons. The molecule has 0 aliphatic carbocycles. The molecule has 3 aromatic rings. The highest BCUT2D eigenvalue weighted by Crippen LogP contribution is 2.27. The number of hydrogen-bond acceptors (Lipinski definition) is 5. The van der Waals surface area contributed by atoms with Gasteiger partial charge in [0.2, 0.25) is 5.91 Å². The van der Waals surface area contributed by atoms with E-state index < -0.39 is 0 Å². The maximum absolute atomic E-state index is 12.4. The summed E-state index contributed by atoms with van der Waals surface area (Å²) in [5, 5.41) is 3.85. The fourth-order valence-corrected chi connectivity index (χ4v) is 3.59. The second kappa shape index (κ2) is 10.1. The van der Waals surface area contributed by atoms with Crippen molar-refractivity contribution in [3.8, 4) is 0 Å². The van der Waals surface area contributed by atoms with E-state index in [1.54, 1.807) is 0 Å². The lowest BCUT2D eigenvalue weighted by Gasteiger charge is -2.12. The molecule has 1 amide bonds. The molecule has 1 unspecified atom stereocenters. The zero-order valence-electron chi connectivity index (χ0n) is 15.7. The van der Waals surface area contributed by atoms with Crippen molar-refractivity contribution < 1.29 is 14.4 Å². The van der Waals surface area contributed by atoms with E-state index in [0.29, 0.717) is 10.7 Å². The molecule has 1 atom stereocenters. The normalized spacial score (nSPS) is 11.3. The number of hydrogen-bond donors (Lipinski definition) is 2. The highest BCUT2D eigenvalue weighted by atomic mass is 35.5. The molecule has 0 fully saturated rings. The van der Waals surface area contributed by atoms with Crippen LogP contribution >= 0.6 is 23.4 Å². The molecule has 0 saturated carbocycles. The first-order valence-electron chi connectivity index (χ1n) is 8.59. The van der Waals surface area contributed by atoms with Gasteiger partial charge in [-0.2, -0.15) is 9.59 Å². The number of amides is 1. The van der Waals surface area contributed by atoms with Crippen LogP contribution in [0.15, 0.2) is 41.6 Å². The minimum absolute atomic E-state index is 0.106. The van der Waals surface area contributed by atoms with E-state index in [-0.39, 0.29) is 17.3 Å². The molecule has 3 rings (SSSR count). The largest absolute Gasteiger partial charge is 0.373 e. The van der Waals surface area contributed by atoms with Crippen LogP contribution in [0.4, 0.5) is 5.69 Å². The highest BCUT2D eigenvalue weighted by Gasteiger charge is 2.18. The number of nitrogens with zero attached hydrogens (tertiary/aromatic N) is 1. The lowest BCUT2D eigenvalue weighted by Crippen LogP contribution is -2.22. The van der Waals surface area contributed by atoms with Gasteiger partial charge < -0.3 is 10.3 Å². The third kappa shape index (κ3) is 5.70. The smallest absolute Gasteiger partial charge is 0.333 e. The molecule has 0 saturated heterocycles. The molecule has 28 heavy (non-hydrogen) atoms. The summed E-state index contributed by atoms with van der Waals surface area (Å²) in [6.45, 7) is 5.93. The van der Waals surface area contributed by atoms with Crippen molar-refractivity contribution >= 4 is 52.1 Å². The van der Waals surface area contributed by atoms with Gasteiger partial charge in [0.15, 0.2) is 5.16 Å². The molecule has 146 valence electrons. The number of aromatic amines is 1. The Kier molecular flexibility index (Phi) is 7.81. The Morgan fingerprint density at radius 3 is 2.64 bits per heavy atom. The number of anilines is 1. The molecular weight excluding hydrogens is 398 g/mol. The van der Waals surface area contributed by atoms with Crippen LogP contribution in [0.5, 0.6) is 0 Å². The summed E-state index contributed by atoms with van der Waals surface area (Å²) >= 11 is 7.58. The summed E-state index contributed by atoms with van der Waals surface area (Å²) in [5.41, 5.74) is 4.85. The number of imidazole rings is 1. The number of fused-ring (bicyclic) bond motifs is 1. The number of nitrogens with one attached hydrogen (secondary N) is 2. The number of rotatable bonds is 5. The summed E-state index contributed by atoms with van der Waals surface area (Å²) in [5.74, 6) is -0.106. The molecule has 0 aliphatic rings. The van der Waals surface area contributed by atoms with Crippen LogP contribution in [-0.4, -0.2) is 27.3 Å². The Morgan fingerprint density at radius 1 is 1.29 bits per heavy atom. The Labute approximate surface area is 172 Å². The van der Waals surface area contributed by atoms with Gasteiger partial charge in [-0.25, -0.2) is 4.98 Å². The van der Waals surface area contributed by atoms with Crippen LogP contribution < -0.4 is 5.32 Å². The van der Waals surface area contributed by atoms with Gasteiger partial charge in [-0.05, 0) is 55.7 Å². The summed E-state index contributed by atoms with van der Waals surface area (Å²) in [6, 6.07) is 11.8. The zero-order valence-corrected chi connectivity index (χ0v) is 17.3. The van der Waals surface area contributed by atoms with Gasteiger partial charge in [0.25, 0.3) is 0 Å². The lowest BCUT2D eigenvalue weighted by atomic mass is 10.1. The average molecular weight is 418 g/mol. The van der Waals surface area contributed by atoms with Crippen molar-refractivity contribution in [1.29, 1.82) is 0 Å². The fourth-order valence-electron chi connectivity index (χ4n) is 2.49. The number of benzene rings is 2. The highest BCUT2D eigenvalue weighted by molar-refractivity contribution is 8.00. The van der Waals surface area contributed by atoms with Gasteiger partial charge in [-0.3, -0.25) is 4.79 Å². The number of H-pyrrole nitrogens is 1. The number of aryl methyl sites for hydroxylation is 2. The van der Waals surface area contributed by atoms with Gasteiger partial charge >= 0.3 is 6.15 Å². The molecule has 1 heterocycles. The van der Waals surface area contributed by atoms with Gasteiger partial charge in [-0.15, -0.1) is 0 Å². The quantitative estimate of drug-likeness (QED) is 0.591. The first-order valence-corrected chi connectivity index (χ1v) is 9.85. The van der Waals surface area contributed by atoms with Crippen molar-refractivity contribution in [2.75, 3.05) is 5.32 Å². The van der Waals surface area contributed by atoms with Crippen LogP contribution in [0.3, 0.4) is 0 Å². The van der Waals surface area contributed by atoms with E-state index in [1.165, 1.54) is 17.3 Å². The Bertz CT molecular complexity index is 1010. The number of aromatic nitrogens is 2. The Balaban J connectivity index is 0.000000878. The van der Waals surface area contributed by atoms with Crippen LogP contribution in [0.1, 0.15) is 25.0 Å². The number of carbonyl (C=O) groups is 1. The molecular formula is C20H20ClN3O3S. The van der Waals surface area contributed by atoms with E-state index >= 15 is 0 Å². The van der Waals surface area contributed by atoms with Crippen molar-refractivity contribution in [1.82, 2.24) is 9.97 Å². The van der Waals surface area contributed by atoms with Crippen LogP contribution in [-0.2, 0) is 20.8 Å². The van der Waals surface area contributed by atoms with E-state index in [0.717, 1.165) is 28.2 Å². The number of halogens is 1. The zero-order chi connectivity index (χ0) is 20.7. The minimum atomic E-state index is -0.302. The van der Waals surface area contributed by atoms with E-state index in [9.17, 15) is 4.79 Å². The van der Waals surface area contributed by atoms with Crippen molar-refractivity contribution in [2.24, 2.45) is 0 Å². The maximum Gasteiger partial charge on any atom is 0.373 e. The van der Waals surface area contributed by atoms with Gasteiger partial charge in [0.1, 0.15) is 0 Å². The van der Waals surface area contributed by atoms with E-state index in [2.05, 4.69) is 34.3 Å². The molecule has 0 bridgehead atoms. The molecule has 1 aromatic heterocycles. The summed E-state index contributed by atoms with van der Waals surface area (Å²) in [7, 11) is 0. The van der Waals surface area contributed by atoms with Crippen molar-refractivity contribution in [3.05, 3.63) is 52.5 Å². The lowest BCUT2D eigenvalue weighted by molar-refractivity contribution is -0.191. The second-order valence-corrected chi connectivity index (χ2v) is 7.80. The first kappa shape index (κ1) is 21.7. The van der Waals surface area contributed by atoms with Gasteiger partial charge in [0, 0.05) is 0 Å². The fraction of sp³-hybridized carbons (Fsp3) is 0.250.